The Bertz CT molecular complexity index is 637. The molecule has 0 atom stereocenters. The number of carbonyl (C=O) groups excluding carboxylic acids is 1. The van der Waals surface area contributed by atoms with Crippen molar-refractivity contribution in [2.45, 2.75) is 25.8 Å². The van der Waals surface area contributed by atoms with Gasteiger partial charge in [0.2, 0.25) is 0 Å². The number of amides is 1. The zero-order valence-electron chi connectivity index (χ0n) is 12.8. The molecule has 2 aromatic heterocycles. The van der Waals surface area contributed by atoms with Gasteiger partial charge in [-0.25, -0.2) is 0 Å². The fourth-order valence-corrected chi connectivity index (χ4v) is 2.90. The summed E-state index contributed by atoms with van der Waals surface area (Å²) in [5.74, 6) is -0.116. The largest absolute Gasteiger partial charge is 0.354 e. The first kappa shape index (κ1) is 14.7. The van der Waals surface area contributed by atoms with Crippen molar-refractivity contribution in [1.29, 1.82) is 0 Å². The lowest BCUT2D eigenvalue weighted by atomic mass is 10.0. The van der Waals surface area contributed by atoms with Gasteiger partial charge in [-0.1, -0.05) is 6.07 Å². The third-order valence-electron chi connectivity index (χ3n) is 4.12. The molecule has 6 nitrogen and oxygen atoms in total. The lowest BCUT2D eigenvalue weighted by molar-refractivity contribution is 0.0955. The Kier molecular flexibility index (Phi) is 4.48. The smallest absolute Gasteiger partial charge is 0.271 e. The summed E-state index contributed by atoms with van der Waals surface area (Å²) in [6, 6.07) is 4.09. The van der Waals surface area contributed by atoms with Crippen LogP contribution in [0.5, 0.6) is 0 Å². The van der Waals surface area contributed by atoms with Gasteiger partial charge in [0.15, 0.2) is 5.69 Å². The second-order valence-electron chi connectivity index (χ2n) is 5.60. The van der Waals surface area contributed by atoms with Gasteiger partial charge in [0.05, 0.1) is 0 Å². The van der Waals surface area contributed by atoms with Crippen LogP contribution in [-0.2, 0) is 19.4 Å². The highest BCUT2D eigenvalue weighted by atomic mass is 16.1. The van der Waals surface area contributed by atoms with Gasteiger partial charge in [-0.05, 0) is 31.0 Å². The van der Waals surface area contributed by atoms with E-state index >= 15 is 0 Å². The minimum atomic E-state index is -0.116. The van der Waals surface area contributed by atoms with Crippen LogP contribution >= 0.6 is 0 Å². The number of hydrogen-bond acceptors (Lipinski definition) is 4. The maximum absolute atomic E-state index is 11.8. The molecule has 1 amide bonds. The van der Waals surface area contributed by atoms with Crippen LogP contribution in [0.4, 0.5) is 0 Å². The predicted molar refractivity (Wildman–Crippen MR) is 83.5 cm³/mol. The van der Waals surface area contributed by atoms with Gasteiger partial charge >= 0.3 is 0 Å². The summed E-state index contributed by atoms with van der Waals surface area (Å²) in [5, 5.41) is 9.81. The van der Waals surface area contributed by atoms with E-state index < -0.39 is 0 Å². The van der Waals surface area contributed by atoms with E-state index in [1.807, 2.05) is 12.3 Å². The molecule has 0 unspecified atom stereocenters. The van der Waals surface area contributed by atoms with Gasteiger partial charge < -0.3 is 5.32 Å². The molecular formula is C16H21N5O. The number of aromatic nitrogens is 3. The number of aromatic amines is 1. The first-order chi connectivity index (χ1) is 10.8. The van der Waals surface area contributed by atoms with Crippen LogP contribution in [0, 0.1) is 0 Å². The number of nitrogens with zero attached hydrogens (tertiary/aromatic N) is 3. The average Bonchev–Trinajstić information content (AvgIpc) is 2.98. The van der Waals surface area contributed by atoms with Crippen LogP contribution in [0.25, 0.3) is 0 Å². The summed E-state index contributed by atoms with van der Waals surface area (Å²) in [4.78, 5) is 18.4. The standard InChI is InChI=1S/C16H21N5O/c1-17-16(22)15-13-11-21(9-6-14(13)19-20-15)8-3-5-12-4-2-7-18-10-12/h2,4,7,10H,3,5-6,8-9,11H2,1H3,(H,17,22)(H,19,20). The van der Waals surface area contributed by atoms with E-state index in [9.17, 15) is 4.79 Å². The number of nitrogens with one attached hydrogen (secondary N) is 2. The normalized spacial score (nSPS) is 14.6. The van der Waals surface area contributed by atoms with Crippen molar-refractivity contribution in [3.05, 3.63) is 47.0 Å². The Hall–Kier alpha value is -2.21. The van der Waals surface area contributed by atoms with Crippen LogP contribution in [-0.4, -0.2) is 46.1 Å². The number of carbonyl (C=O) groups is 1. The lowest BCUT2D eigenvalue weighted by Crippen LogP contribution is -2.32. The zero-order valence-corrected chi connectivity index (χ0v) is 12.8. The number of H-pyrrole nitrogens is 1. The monoisotopic (exact) mass is 299 g/mol. The molecule has 0 bridgehead atoms. The Balaban J connectivity index is 1.57. The first-order valence-electron chi connectivity index (χ1n) is 7.67. The van der Waals surface area contributed by atoms with E-state index in [0.29, 0.717) is 5.69 Å². The predicted octanol–water partition coefficient (Wildman–Crippen LogP) is 1.16. The van der Waals surface area contributed by atoms with Crippen molar-refractivity contribution >= 4 is 5.91 Å². The summed E-state index contributed by atoms with van der Waals surface area (Å²) in [6.07, 6.45) is 6.77. The van der Waals surface area contributed by atoms with Gasteiger partial charge in [0.1, 0.15) is 0 Å². The molecule has 116 valence electrons. The topological polar surface area (TPSA) is 73.9 Å². The molecule has 3 heterocycles. The van der Waals surface area contributed by atoms with Crippen LogP contribution in [0.3, 0.4) is 0 Å². The molecule has 0 saturated carbocycles. The van der Waals surface area contributed by atoms with Crippen LogP contribution in [0.2, 0.25) is 0 Å². The summed E-state index contributed by atoms with van der Waals surface area (Å²) in [7, 11) is 1.64. The number of aryl methyl sites for hydroxylation is 1. The minimum Gasteiger partial charge on any atom is -0.354 e. The molecule has 0 spiro atoms. The van der Waals surface area contributed by atoms with Gasteiger partial charge in [0.25, 0.3) is 5.91 Å². The van der Waals surface area contributed by atoms with E-state index in [1.54, 1.807) is 13.2 Å². The maximum Gasteiger partial charge on any atom is 0.271 e. The van der Waals surface area contributed by atoms with E-state index in [2.05, 4.69) is 31.5 Å². The average molecular weight is 299 g/mol. The van der Waals surface area contributed by atoms with Gasteiger partial charge in [-0.3, -0.25) is 19.8 Å². The second-order valence-corrected chi connectivity index (χ2v) is 5.60. The fourth-order valence-electron chi connectivity index (χ4n) is 2.90. The number of pyridine rings is 1. The van der Waals surface area contributed by atoms with Crippen molar-refractivity contribution in [3.8, 4) is 0 Å². The molecule has 0 radical (unpaired) electrons. The van der Waals surface area contributed by atoms with E-state index in [1.165, 1.54) is 5.56 Å². The highest BCUT2D eigenvalue weighted by Gasteiger charge is 2.24. The number of rotatable bonds is 5. The molecule has 6 heteroatoms. The van der Waals surface area contributed by atoms with Gasteiger partial charge in [-0.15, -0.1) is 0 Å². The molecular weight excluding hydrogens is 278 g/mol. The van der Waals surface area contributed by atoms with Crippen LogP contribution in [0.1, 0.15) is 33.7 Å². The Morgan fingerprint density at radius 2 is 2.41 bits per heavy atom. The molecule has 2 aromatic rings. The zero-order chi connectivity index (χ0) is 15.4. The molecule has 1 aliphatic heterocycles. The van der Waals surface area contributed by atoms with Crippen LogP contribution < -0.4 is 5.32 Å². The quantitative estimate of drug-likeness (QED) is 0.869. The summed E-state index contributed by atoms with van der Waals surface area (Å²) < 4.78 is 0. The van der Waals surface area contributed by atoms with Crippen molar-refractivity contribution < 1.29 is 4.79 Å². The molecule has 0 saturated heterocycles. The third kappa shape index (κ3) is 3.17. The van der Waals surface area contributed by atoms with Gasteiger partial charge in [0, 0.05) is 50.2 Å². The molecule has 0 fully saturated rings. The van der Waals surface area contributed by atoms with Gasteiger partial charge in [-0.2, -0.15) is 5.10 Å². The third-order valence-corrected chi connectivity index (χ3v) is 4.12. The van der Waals surface area contributed by atoms with Crippen molar-refractivity contribution in [2.24, 2.45) is 0 Å². The van der Waals surface area contributed by atoms with Crippen molar-refractivity contribution in [3.63, 3.8) is 0 Å². The minimum absolute atomic E-state index is 0.116. The molecule has 2 N–H and O–H groups in total. The van der Waals surface area contributed by atoms with Crippen molar-refractivity contribution in [2.75, 3.05) is 20.1 Å². The number of fused-ring (bicyclic) bond motifs is 1. The van der Waals surface area contributed by atoms with E-state index in [0.717, 1.165) is 50.2 Å². The first-order valence-corrected chi connectivity index (χ1v) is 7.67. The number of hydrogen-bond donors (Lipinski definition) is 2. The maximum atomic E-state index is 11.8. The summed E-state index contributed by atoms with van der Waals surface area (Å²) in [6.45, 7) is 2.82. The fraction of sp³-hybridized carbons (Fsp3) is 0.438. The highest BCUT2D eigenvalue weighted by molar-refractivity contribution is 5.93. The Labute approximate surface area is 129 Å². The molecule has 1 aliphatic rings. The molecule has 0 aliphatic carbocycles. The molecule has 0 aromatic carbocycles. The van der Waals surface area contributed by atoms with Crippen LogP contribution in [0.15, 0.2) is 24.5 Å². The molecule has 3 rings (SSSR count). The highest BCUT2D eigenvalue weighted by Crippen LogP contribution is 2.20. The van der Waals surface area contributed by atoms with Crippen molar-refractivity contribution in [1.82, 2.24) is 25.4 Å². The molecule has 22 heavy (non-hydrogen) atoms. The SMILES string of the molecule is CNC(=O)c1n[nH]c2c1CN(CCCc1cccnc1)CC2. The second kappa shape index (κ2) is 6.70. The Morgan fingerprint density at radius 3 is 3.18 bits per heavy atom. The summed E-state index contributed by atoms with van der Waals surface area (Å²) >= 11 is 0. The van der Waals surface area contributed by atoms with E-state index in [4.69, 9.17) is 0 Å². The lowest BCUT2D eigenvalue weighted by Gasteiger charge is -2.26. The Morgan fingerprint density at radius 1 is 1.50 bits per heavy atom. The summed E-state index contributed by atoms with van der Waals surface area (Å²) in [5.41, 5.74) is 3.96. The van der Waals surface area contributed by atoms with E-state index in [-0.39, 0.29) is 5.91 Å².